The van der Waals surface area contributed by atoms with Gasteiger partial charge in [0.05, 0.1) is 5.92 Å². The third kappa shape index (κ3) is 4.42. The lowest BCUT2D eigenvalue weighted by molar-refractivity contribution is -0.159. The van der Waals surface area contributed by atoms with E-state index in [1.807, 2.05) is 0 Å². The molecule has 10 nitrogen and oxygen atoms in total. The summed E-state index contributed by atoms with van der Waals surface area (Å²) < 4.78 is 0. The zero-order valence-corrected chi connectivity index (χ0v) is 19.1. The zero-order chi connectivity index (χ0) is 23.0. The van der Waals surface area contributed by atoms with Gasteiger partial charge in [0.15, 0.2) is 6.29 Å². The van der Waals surface area contributed by atoms with Crippen LogP contribution in [0.3, 0.4) is 0 Å². The number of nitrogens with two attached hydrogens (primary N) is 1. The van der Waals surface area contributed by atoms with Crippen molar-refractivity contribution in [1.29, 1.82) is 0 Å². The van der Waals surface area contributed by atoms with Crippen LogP contribution >= 0.6 is 0 Å². The molecule has 4 rings (SSSR count). The van der Waals surface area contributed by atoms with Crippen LogP contribution in [0.25, 0.3) is 0 Å². The molecule has 0 aromatic rings. The fourth-order valence-corrected chi connectivity index (χ4v) is 5.65. The highest BCUT2D eigenvalue weighted by molar-refractivity contribution is 5.88. The van der Waals surface area contributed by atoms with Gasteiger partial charge in [-0.05, 0) is 44.4 Å². The summed E-state index contributed by atoms with van der Waals surface area (Å²) in [5, 5.41) is 4.38. The number of primary amides is 1. The summed E-state index contributed by atoms with van der Waals surface area (Å²) in [5.41, 5.74) is 8.36. The molecule has 4 aliphatic rings. The number of hydrogen-bond donors (Lipinski definition) is 3. The normalized spacial score (nSPS) is 30.7. The van der Waals surface area contributed by atoms with Crippen LogP contribution in [-0.4, -0.2) is 70.0 Å². The molecular weight excluding hydrogens is 412 g/mol. The molecule has 4 fully saturated rings. The maximum absolute atomic E-state index is 13.4. The van der Waals surface area contributed by atoms with Gasteiger partial charge in [0.1, 0.15) is 6.54 Å². The maximum atomic E-state index is 13.4. The molecule has 4 N–H and O–H groups in total. The first-order valence-corrected chi connectivity index (χ1v) is 12.0. The highest BCUT2D eigenvalue weighted by Crippen LogP contribution is 2.40. The van der Waals surface area contributed by atoms with Crippen molar-refractivity contribution < 1.29 is 19.2 Å². The van der Waals surface area contributed by atoms with Gasteiger partial charge >= 0.3 is 6.03 Å². The molecular formula is C22H36N6O4. The molecule has 178 valence electrons. The quantitative estimate of drug-likeness (QED) is 0.529. The second-order valence-corrected chi connectivity index (χ2v) is 10.1. The first kappa shape index (κ1) is 22.8. The van der Waals surface area contributed by atoms with Crippen molar-refractivity contribution in [3.05, 3.63) is 0 Å². The molecule has 0 spiro atoms. The van der Waals surface area contributed by atoms with Crippen molar-refractivity contribution in [3.63, 3.8) is 0 Å². The number of rotatable bonds is 7. The predicted octanol–water partition coefficient (Wildman–Crippen LogP) is 0.730. The van der Waals surface area contributed by atoms with E-state index >= 15 is 0 Å². The minimum atomic E-state index is -0.647. The Morgan fingerprint density at radius 3 is 2.53 bits per heavy atom. The average molecular weight is 449 g/mol. The second-order valence-electron chi connectivity index (χ2n) is 10.1. The van der Waals surface area contributed by atoms with Crippen LogP contribution < -0.4 is 16.5 Å². The molecule has 10 heteroatoms. The summed E-state index contributed by atoms with van der Waals surface area (Å²) in [5.74, 6) is -0.704. The molecule has 4 unspecified atom stereocenters. The lowest BCUT2D eigenvalue weighted by atomic mass is 9.75. The SMILES string of the molecule is CC(C)CCN1C(=O)C2CCC(C(=O)NC3CCCC3)CC2N2C(=O)N(CC(N)=O)NC12. The van der Waals surface area contributed by atoms with E-state index < -0.39 is 12.2 Å². The number of carbonyl (C=O) groups is 4. The van der Waals surface area contributed by atoms with E-state index in [-0.39, 0.29) is 48.3 Å². The van der Waals surface area contributed by atoms with Gasteiger partial charge in [0.25, 0.3) is 0 Å². The molecule has 2 aliphatic heterocycles. The summed E-state index contributed by atoms with van der Waals surface area (Å²) in [7, 11) is 0. The van der Waals surface area contributed by atoms with E-state index in [1.54, 1.807) is 9.80 Å². The van der Waals surface area contributed by atoms with Crippen LogP contribution in [0.2, 0.25) is 0 Å². The lowest BCUT2D eigenvalue weighted by Gasteiger charge is -2.50. The summed E-state index contributed by atoms with van der Waals surface area (Å²) in [6.07, 6.45) is 6.18. The minimum Gasteiger partial charge on any atom is -0.368 e. The largest absolute Gasteiger partial charge is 0.368 e. The third-order valence-electron chi connectivity index (χ3n) is 7.39. The molecule has 2 aliphatic carbocycles. The summed E-state index contributed by atoms with van der Waals surface area (Å²) >= 11 is 0. The van der Waals surface area contributed by atoms with E-state index in [0.29, 0.717) is 31.7 Å². The van der Waals surface area contributed by atoms with E-state index in [0.717, 1.165) is 32.1 Å². The van der Waals surface area contributed by atoms with Crippen molar-refractivity contribution in [2.75, 3.05) is 13.1 Å². The van der Waals surface area contributed by atoms with Crippen molar-refractivity contribution in [2.24, 2.45) is 23.5 Å². The van der Waals surface area contributed by atoms with E-state index in [1.165, 1.54) is 5.01 Å². The van der Waals surface area contributed by atoms with Crippen LogP contribution in [-0.2, 0) is 14.4 Å². The lowest BCUT2D eigenvalue weighted by Crippen LogP contribution is -2.67. The van der Waals surface area contributed by atoms with Gasteiger partial charge in [0, 0.05) is 24.5 Å². The Hall–Kier alpha value is -2.36. The Labute approximate surface area is 189 Å². The number of nitrogens with one attached hydrogen (secondary N) is 2. The number of urea groups is 1. The fourth-order valence-electron chi connectivity index (χ4n) is 5.65. The molecule has 0 bridgehead atoms. The number of fused-ring (bicyclic) bond motifs is 3. The smallest absolute Gasteiger partial charge is 0.337 e. The first-order valence-electron chi connectivity index (χ1n) is 12.0. The van der Waals surface area contributed by atoms with Crippen LogP contribution in [0.5, 0.6) is 0 Å². The molecule has 0 aromatic carbocycles. The van der Waals surface area contributed by atoms with Gasteiger partial charge in [0.2, 0.25) is 17.7 Å². The van der Waals surface area contributed by atoms with E-state index in [9.17, 15) is 19.2 Å². The molecule has 2 saturated heterocycles. The Kier molecular flexibility index (Phi) is 6.60. The van der Waals surface area contributed by atoms with Gasteiger partial charge < -0.3 is 16.0 Å². The molecule has 2 heterocycles. The number of hydrazine groups is 1. The van der Waals surface area contributed by atoms with Crippen molar-refractivity contribution in [1.82, 2.24) is 25.6 Å². The van der Waals surface area contributed by atoms with Crippen molar-refractivity contribution >= 4 is 23.8 Å². The highest BCUT2D eigenvalue weighted by Gasteiger charge is 2.56. The van der Waals surface area contributed by atoms with Gasteiger partial charge in [-0.25, -0.2) is 9.80 Å². The maximum Gasteiger partial charge on any atom is 0.337 e. The van der Waals surface area contributed by atoms with Crippen molar-refractivity contribution in [3.8, 4) is 0 Å². The molecule has 2 saturated carbocycles. The number of nitrogens with zero attached hydrogens (tertiary/aromatic N) is 3. The Bertz CT molecular complexity index is 768. The first-order chi connectivity index (χ1) is 15.3. The summed E-state index contributed by atoms with van der Waals surface area (Å²) in [6.45, 7) is 4.45. The molecule has 5 amide bonds. The monoisotopic (exact) mass is 448 g/mol. The third-order valence-corrected chi connectivity index (χ3v) is 7.39. The molecule has 0 radical (unpaired) electrons. The van der Waals surface area contributed by atoms with Gasteiger partial charge in [-0.15, -0.1) is 0 Å². The topological polar surface area (TPSA) is 128 Å². The predicted molar refractivity (Wildman–Crippen MR) is 116 cm³/mol. The zero-order valence-electron chi connectivity index (χ0n) is 19.1. The Morgan fingerprint density at radius 2 is 1.88 bits per heavy atom. The van der Waals surface area contributed by atoms with Gasteiger partial charge in [-0.3, -0.25) is 19.3 Å². The average Bonchev–Trinajstić information content (AvgIpc) is 3.35. The van der Waals surface area contributed by atoms with Crippen LogP contribution in [0.1, 0.15) is 65.2 Å². The summed E-state index contributed by atoms with van der Waals surface area (Å²) in [4.78, 5) is 54.5. The van der Waals surface area contributed by atoms with Crippen LogP contribution in [0.4, 0.5) is 4.79 Å². The van der Waals surface area contributed by atoms with Crippen molar-refractivity contribution in [2.45, 2.75) is 83.6 Å². The molecule has 4 atom stereocenters. The van der Waals surface area contributed by atoms with Crippen LogP contribution in [0.15, 0.2) is 0 Å². The highest BCUT2D eigenvalue weighted by atomic mass is 16.2. The minimum absolute atomic E-state index is 0.0211. The second kappa shape index (κ2) is 9.25. The fraction of sp³-hybridized carbons (Fsp3) is 0.818. The Morgan fingerprint density at radius 1 is 1.16 bits per heavy atom. The Balaban J connectivity index is 1.53. The number of hydrogen-bond acceptors (Lipinski definition) is 5. The standard InChI is InChI=1S/C22H36N6O4/c1-13(2)9-10-26-20(31)16-8-7-14(19(30)24-15-5-3-4-6-15)11-17(16)28-21(26)25-27(22(28)32)12-18(23)29/h13-17,21,25H,3-12H2,1-2H3,(H2,23,29)(H,24,30). The van der Waals surface area contributed by atoms with E-state index in [2.05, 4.69) is 24.6 Å². The number of amides is 5. The summed E-state index contributed by atoms with van der Waals surface area (Å²) in [6, 6.07) is -0.481. The number of carbonyl (C=O) groups excluding carboxylic acids is 4. The van der Waals surface area contributed by atoms with Gasteiger partial charge in [-0.1, -0.05) is 26.7 Å². The molecule has 32 heavy (non-hydrogen) atoms. The van der Waals surface area contributed by atoms with Crippen LogP contribution in [0, 0.1) is 17.8 Å². The molecule has 0 aromatic heterocycles. The van der Waals surface area contributed by atoms with Gasteiger partial charge in [-0.2, -0.15) is 5.43 Å². The van der Waals surface area contributed by atoms with E-state index in [4.69, 9.17) is 5.73 Å².